The van der Waals surface area contributed by atoms with E-state index in [-0.39, 0.29) is 28.2 Å². The molecule has 0 saturated heterocycles. The average Bonchev–Trinajstić information content (AvgIpc) is 3.12. The largest absolute Gasteiger partial charge is 0.573 e. The number of nitrogens with one attached hydrogen (secondary N) is 1. The molecule has 0 saturated carbocycles. The number of aromatic hydroxyl groups is 2. The summed E-state index contributed by atoms with van der Waals surface area (Å²) in [5, 5.41) is 34.7. The van der Waals surface area contributed by atoms with Gasteiger partial charge >= 0.3 is 12.3 Å². The van der Waals surface area contributed by atoms with E-state index in [0.29, 0.717) is 10.4 Å². The van der Waals surface area contributed by atoms with Crippen molar-refractivity contribution in [3.8, 4) is 27.7 Å². The number of phenolic OH excluding ortho intramolecular Hbond substituents is 1. The smallest absolute Gasteiger partial charge is 0.507 e. The van der Waals surface area contributed by atoms with Crippen molar-refractivity contribution in [3.63, 3.8) is 0 Å². The fraction of sp³-hybridized carbons (Fsp3) is 0.0952. The van der Waals surface area contributed by atoms with Crippen LogP contribution in [0.4, 0.5) is 13.2 Å². The van der Waals surface area contributed by atoms with Crippen molar-refractivity contribution >= 4 is 28.9 Å². The van der Waals surface area contributed by atoms with E-state index in [1.54, 1.807) is 5.38 Å². The standard InChI is InChI=1S/C21H15F3N2O6S/c1-10(25-26-19(29)14-7-4-12(20(30)31)8-16(14)27)15-9-33-18(17(15)28)11-2-5-13(6-3-11)32-21(22,23)24/h2-9,27-28H,1H3,(H,26,29)(H,30,31)/b25-10+. The molecular weight excluding hydrogens is 465 g/mol. The molecule has 172 valence electrons. The first-order chi connectivity index (χ1) is 15.5. The third-order valence-corrected chi connectivity index (χ3v) is 5.34. The third kappa shape index (κ3) is 5.60. The van der Waals surface area contributed by atoms with Gasteiger partial charge in [-0.15, -0.1) is 24.5 Å². The summed E-state index contributed by atoms with van der Waals surface area (Å²) in [4.78, 5) is 23.5. The minimum absolute atomic E-state index is 0.186. The molecule has 3 aromatic rings. The van der Waals surface area contributed by atoms with E-state index in [1.165, 1.54) is 19.1 Å². The van der Waals surface area contributed by atoms with E-state index in [1.807, 2.05) is 0 Å². The number of hydrogen-bond donors (Lipinski definition) is 4. The number of hydrazone groups is 1. The molecule has 12 heteroatoms. The Hall–Kier alpha value is -4.06. The van der Waals surface area contributed by atoms with Crippen LogP contribution < -0.4 is 10.2 Å². The number of thiophene rings is 1. The van der Waals surface area contributed by atoms with Crippen LogP contribution in [0.3, 0.4) is 0 Å². The Morgan fingerprint density at radius 2 is 1.73 bits per heavy atom. The quantitative estimate of drug-likeness (QED) is 0.302. The molecule has 8 nitrogen and oxygen atoms in total. The van der Waals surface area contributed by atoms with E-state index in [9.17, 15) is 33.0 Å². The minimum Gasteiger partial charge on any atom is -0.507 e. The molecule has 1 amide bonds. The number of carboxylic acids is 1. The van der Waals surface area contributed by atoms with Gasteiger partial charge in [0.05, 0.1) is 27.3 Å². The Labute approximate surface area is 188 Å². The Bertz CT molecular complexity index is 1240. The highest BCUT2D eigenvalue weighted by molar-refractivity contribution is 7.14. The molecule has 0 atom stereocenters. The van der Waals surface area contributed by atoms with Gasteiger partial charge in [-0.05, 0) is 55.0 Å². The van der Waals surface area contributed by atoms with Gasteiger partial charge in [0.15, 0.2) is 0 Å². The number of carboxylic acid groups (broad SMARTS) is 1. The first-order valence-corrected chi connectivity index (χ1v) is 9.92. The molecule has 0 fully saturated rings. The van der Waals surface area contributed by atoms with Crippen LogP contribution in [0.15, 0.2) is 52.9 Å². The van der Waals surface area contributed by atoms with Gasteiger partial charge in [0.1, 0.15) is 17.2 Å². The minimum atomic E-state index is -4.81. The predicted octanol–water partition coefficient (Wildman–Crippen LogP) is 4.58. The number of amides is 1. The number of phenols is 1. The molecule has 0 aliphatic carbocycles. The summed E-state index contributed by atoms with van der Waals surface area (Å²) in [6, 6.07) is 8.15. The molecule has 0 radical (unpaired) electrons. The molecule has 0 spiro atoms. The van der Waals surface area contributed by atoms with Crippen molar-refractivity contribution in [2.75, 3.05) is 0 Å². The Morgan fingerprint density at radius 3 is 2.30 bits per heavy atom. The summed E-state index contributed by atoms with van der Waals surface area (Å²) >= 11 is 1.11. The first-order valence-electron chi connectivity index (χ1n) is 9.04. The molecule has 1 aromatic heterocycles. The van der Waals surface area contributed by atoms with E-state index in [4.69, 9.17) is 5.11 Å². The van der Waals surface area contributed by atoms with E-state index in [2.05, 4.69) is 15.3 Å². The Morgan fingerprint density at radius 1 is 1.06 bits per heavy atom. The number of carbonyl (C=O) groups is 2. The second-order valence-electron chi connectivity index (χ2n) is 6.57. The number of ether oxygens (including phenoxy) is 1. The lowest BCUT2D eigenvalue weighted by molar-refractivity contribution is -0.274. The summed E-state index contributed by atoms with van der Waals surface area (Å²) in [7, 11) is 0. The maximum Gasteiger partial charge on any atom is 0.573 e. The molecule has 4 N–H and O–H groups in total. The predicted molar refractivity (Wildman–Crippen MR) is 113 cm³/mol. The number of aromatic carboxylic acids is 1. The van der Waals surface area contributed by atoms with Gasteiger partial charge in [0.25, 0.3) is 5.91 Å². The Balaban J connectivity index is 1.75. The summed E-state index contributed by atoms with van der Waals surface area (Å²) in [6.07, 6.45) is -4.81. The van der Waals surface area contributed by atoms with Gasteiger partial charge in [0.2, 0.25) is 0 Å². The monoisotopic (exact) mass is 480 g/mol. The number of benzene rings is 2. The molecule has 2 aromatic carbocycles. The van der Waals surface area contributed by atoms with Gasteiger partial charge < -0.3 is 20.1 Å². The number of rotatable bonds is 6. The molecular formula is C21H15F3N2O6S. The lowest BCUT2D eigenvalue weighted by atomic mass is 10.1. The summed E-state index contributed by atoms with van der Waals surface area (Å²) in [5.74, 6) is -3.20. The lowest BCUT2D eigenvalue weighted by Crippen LogP contribution is -2.19. The highest BCUT2D eigenvalue weighted by Crippen LogP contribution is 2.39. The van der Waals surface area contributed by atoms with Gasteiger partial charge in [-0.25, -0.2) is 10.2 Å². The number of nitrogens with zero attached hydrogens (tertiary/aromatic N) is 1. The highest BCUT2D eigenvalue weighted by atomic mass is 32.1. The summed E-state index contributed by atoms with van der Waals surface area (Å²) in [6.45, 7) is 1.50. The van der Waals surface area contributed by atoms with Crippen LogP contribution in [-0.4, -0.2) is 39.3 Å². The molecule has 0 aliphatic heterocycles. The van der Waals surface area contributed by atoms with Crippen LogP contribution in [0.5, 0.6) is 17.2 Å². The van der Waals surface area contributed by atoms with Gasteiger partial charge in [-0.1, -0.05) is 0 Å². The Kier molecular flexibility index (Phi) is 6.58. The van der Waals surface area contributed by atoms with Crippen LogP contribution in [0.25, 0.3) is 10.4 Å². The maximum atomic E-state index is 12.3. The fourth-order valence-corrected chi connectivity index (χ4v) is 3.74. The average molecular weight is 480 g/mol. The molecule has 0 unspecified atom stereocenters. The summed E-state index contributed by atoms with van der Waals surface area (Å²) in [5.41, 5.74) is 2.73. The van der Waals surface area contributed by atoms with Crippen LogP contribution in [0.2, 0.25) is 0 Å². The van der Waals surface area contributed by atoms with Crippen molar-refractivity contribution in [1.82, 2.24) is 5.43 Å². The number of alkyl halides is 3. The summed E-state index contributed by atoms with van der Waals surface area (Å²) < 4.78 is 40.7. The zero-order valence-electron chi connectivity index (χ0n) is 16.7. The van der Waals surface area contributed by atoms with Crippen molar-refractivity contribution in [2.45, 2.75) is 13.3 Å². The fourth-order valence-electron chi connectivity index (χ4n) is 2.73. The van der Waals surface area contributed by atoms with Gasteiger partial charge in [0, 0.05) is 5.38 Å². The topological polar surface area (TPSA) is 128 Å². The highest BCUT2D eigenvalue weighted by Gasteiger charge is 2.31. The van der Waals surface area contributed by atoms with Crippen molar-refractivity contribution in [3.05, 3.63) is 64.5 Å². The molecule has 0 aliphatic rings. The maximum absolute atomic E-state index is 12.3. The van der Waals surface area contributed by atoms with Crippen LogP contribution in [0, 0.1) is 0 Å². The lowest BCUT2D eigenvalue weighted by Gasteiger charge is -2.09. The van der Waals surface area contributed by atoms with Gasteiger partial charge in [-0.2, -0.15) is 5.10 Å². The SMILES string of the molecule is C/C(=N\NC(=O)c1ccc(C(=O)O)cc1O)c1csc(-c2ccc(OC(F)(F)F)cc2)c1O. The normalized spacial score (nSPS) is 11.8. The molecule has 33 heavy (non-hydrogen) atoms. The molecule has 1 heterocycles. The third-order valence-electron chi connectivity index (χ3n) is 4.32. The zero-order valence-corrected chi connectivity index (χ0v) is 17.5. The van der Waals surface area contributed by atoms with Crippen molar-refractivity contribution in [2.24, 2.45) is 5.10 Å². The zero-order chi connectivity index (χ0) is 24.3. The van der Waals surface area contributed by atoms with E-state index in [0.717, 1.165) is 41.7 Å². The number of halogens is 3. The first kappa shape index (κ1) is 23.6. The van der Waals surface area contributed by atoms with Crippen molar-refractivity contribution in [1.29, 1.82) is 0 Å². The molecule has 3 rings (SSSR count). The van der Waals surface area contributed by atoms with E-state index >= 15 is 0 Å². The molecule has 0 bridgehead atoms. The van der Waals surface area contributed by atoms with Gasteiger partial charge in [-0.3, -0.25) is 4.79 Å². The second kappa shape index (κ2) is 9.20. The van der Waals surface area contributed by atoms with E-state index < -0.39 is 29.7 Å². The second-order valence-corrected chi connectivity index (χ2v) is 7.45. The van der Waals surface area contributed by atoms with Crippen LogP contribution >= 0.6 is 11.3 Å². The number of carbonyl (C=O) groups excluding carboxylic acids is 1. The van der Waals surface area contributed by atoms with Crippen LogP contribution in [0.1, 0.15) is 33.2 Å². The van der Waals surface area contributed by atoms with Crippen molar-refractivity contribution < 1.29 is 42.8 Å². The number of hydrogen-bond acceptors (Lipinski definition) is 7. The van der Waals surface area contributed by atoms with Crippen LogP contribution in [-0.2, 0) is 0 Å².